The molecular formula is C22H16O3. The lowest BCUT2D eigenvalue weighted by atomic mass is 10.0. The van der Waals surface area contributed by atoms with E-state index in [9.17, 15) is 4.79 Å². The Kier molecular flexibility index (Phi) is 3.82. The Labute approximate surface area is 145 Å². The molecule has 0 amide bonds. The van der Waals surface area contributed by atoms with Gasteiger partial charge in [-0.1, -0.05) is 48.5 Å². The zero-order chi connectivity index (χ0) is 17.2. The molecule has 0 atom stereocenters. The predicted octanol–water partition coefficient (Wildman–Crippen LogP) is 5.14. The molecule has 0 saturated carbocycles. The van der Waals surface area contributed by atoms with Crippen molar-refractivity contribution in [3.63, 3.8) is 0 Å². The standard InChI is InChI=1S/C22H16O3/c1-24-18-10-7-15(8-11-18)17-9-12-19-20(23)14-21(25-22(19)13-17)16-5-3-2-4-6-16/h2-14H,1H3. The quantitative estimate of drug-likeness (QED) is 0.523. The van der Waals surface area contributed by atoms with E-state index in [2.05, 4.69) is 0 Å². The highest BCUT2D eigenvalue weighted by Crippen LogP contribution is 2.27. The molecule has 1 heterocycles. The van der Waals surface area contributed by atoms with Gasteiger partial charge in [0.1, 0.15) is 17.1 Å². The summed E-state index contributed by atoms with van der Waals surface area (Å²) in [6.07, 6.45) is 0. The van der Waals surface area contributed by atoms with E-state index in [0.717, 1.165) is 22.4 Å². The molecule has 0 aliphatic heterocycles. The van der Waals surface area contributed by atoms with E-state index in [1.807, 2.05) is 72.8 Å². The average Bonchev–Trinajstić information content (AvgIpc) is 2.68. The van der Waals surface area contributed by atoms with Crippen LogP contribution in [0.4, 0.5) is 0 Å². The molecule has 3 nitrogen and oxygen atoms in total. The topological polar surface area (TPSA) is 39.4 Å². The SMILES string of the molecule is COc1ccc(-c2ccc3c(=O)cc(-c4ccccc4)oc3c2)cc1. The van der Waals surface area contributed by atoms with E-state index in [0.29, 0.717) is 16.7 Å². The predicted molar refractivity (Wildman–Crippen MR) is 99.9 cm³/mol. The monoisotopic (exact) mass is 328 g/mol. The Balaban J connectivity index is 1.85. The van der Waals surface area contributed by atoms with E-state index in [4.69, 9.17) is 9.15 Å². The Morgan fingerprint density at radius 3 is 2.20 bits per heavy atom. The Morgan fingerprint density at radius 1 is 0.760 bits per heavy atom. The summed E-state index contributed by atoms with van der Waals surface area (Å²) >= 11 is 0. The maximum absolute atomic E-state index is 12.4. The minimum absolute atomic E-state index is 0.0404. The summed E-state index contributed by atoms with van der Waals surface area (Å²) in [6.45, 7) is 0. The molecule has 122 valence electrons. The van der Waals surface area contributed by atoms with Crippen LogP contribution in [0.1, 0.15) is 0 Å². The summed E-state index contributed by atoms with van der Waals surface area (Å²) in [4.78, 5) is 12.4. The molecule has 0 radical (unpaired) electrons. The number of benzene rings is 3. The van der Waals surface area contributed by atoms with E-state index in [1.165, 1.54) is 0 Å². The lowest BCUT2D eigenvalue weighted by Gasteiger charge is -2.07. The zero-order valence-electron chi connectivity index (χ0n) is 13.7. The molecule has 0 spiro atoms. The van der Waals surface area contributed by atoms with Crippen molar-refractivity contribution >= 4 is 11.0 Å². The number of hydrogen-bond acceptors (Lipinski definition) is 3. The minimum atomic E-state index is -0.0404. The summed E-state index contributed by atoms with van der Waals surface area (Å²) in [5.74, 6) is 1.38. The number of fused-ring (bicyclic) bond motifs is 1. The van der Waals surface area contributed by atoms with E-state index in [1.54, 1.807) is 13.2 Å². The van der Waals surface area contributed by atoms with Gasteiger partial charge in [-0.2, -0.15) is 0 Å². The van der Waals surface area contributed by atoms with Crippen molar-refractivity contribution in [2.45, 2.75) is 0 Å². The van der Waals surface area contributed by atoms with E-state index < -0.39 is 0 Å². The molecule has 3 heteroatoms. The molecule has 25 heavy (non-hydrogen) atoms. The average molecular weight is 328 g/mol. The van der Waals surface area contributed by atoms with Gasteiger partial charge in [0.25, 0.3) is 0 Å². The third kappa shape index (κ3) is 2.92. The van der Waals surface area contributed by atoms with Gasteiger partial charge < -0.3 is 9.15 Å². The van der Waals surface area contributed by atoms with Gasteiger partial charge in [0.05, 0.1) is 12.5 Å². The van der Waals surface area contributed by atoms with Crippen LogP contribution in [0.5, 0.6) is 5.75 Å². The van der Waals surface area contributed by atoms with Crippen molar-refractivity contribution in [3.05, 3.63) is 89.1 Å². The first kappa shape index (κ1) is 15.2. The number of ether oxygens (including phenoxy) is 1. The molecule has 0 fully saturated rings. The van der Waals surface area contributed by atoms with Gasteiger partial charge in [-0.15, -0.1) is 0 Å². The summed E-state index contributed by atoms with van der Waals surface area (Å²) in [7, 11) is 1.64. The maximum Gasteiger partial charge on any atom is 0.193 e. The lowest BCUT2D eigenvalue weighted by molar-refractivity contribution is 0.415. The van der Waals surface area contributed by atoms with Gasteiger partial charge in [-0.3, -0.25) is 4.79 Å². The van der Waals surface area contributed by atoms with Gasteiger partial charge in [-0.25, -0.2) is 0 Å². The van der Waals surface area contributed by atoms with Crippen molar-refractivity contribution in [2.75, 3.05) is 7.11 Å². The highest BCUT2D eigenvalue weighted by atomic mass is 16.5. The van der Waals surface area contributed by atoms with E-state index >= 15 is 0 Å². The summed E-state index contributed by atoms with van der Waals surface area (Å²) < 4.78 is 11.2. The highest BCUT2D eigenvalue weighted by Gasteiger charge is 2.08. The van der Waals surface area contributed by atoms with Crippen molar-refractivity contribution in [3.8, 4) is 28.2 Å². The second-order valence-electron chi connectivity index (χ2n) is 5.78. The van der Waals surface area contributed by atoms with Crippen LogP contribution < -0.4 is 10.2 Å². The number of methoxy groups -OCH3 is 1. The molecule has 0 N–H and O–H groups in total. The lowest BCUT2D eigenvalue weighted by Crippen LogP contribution is -2.00. The molecule has 0 aliphatic carbocycles. The Morgan fingerprint density at radius 2 is 1.48 bits per heavy atom. The Hall–Kier alpha value is -3.33. The third-order valence-corrected chi connectivity index (χ3v) is 4.21. The number of rotatable bonds is 3. The maximum atomic E-state index is 12.4. The first-order valence-electron chi connectivity index (χ1n) is 8.02. The molecule has 3 aromatic carbocycles. The van der Waals surface area contributed by atoms with Crippen LogP contribution in [-0.4, -0.2) is 7.11 Å². The third-order valence-electron chi connectivity index (χ3n) is 4.21. The normalized spacial score (nSPS) is 10.8. The van der Waals surface area contributed by atoms with Crippen LogP contribution in [0.25, 0.3) is 33.4 Å². The molecule has 0 unspecified atom stereocenters. The molecule has 4 aromatic rings. The second kappa shape index (κ2) is 6.29. The van der Waals surface area contributed by atoms with Crippen LogP contribution in [0, 0.1) is 0 Å². The second-order valence-corrected chi connectivity index (χ2v) is 5.78. The highest BCUT2D eigenvalue weighted by molar-refractivity contribution is 5.84. The van der Waals surface area contributed by atoms with Crippen LogP contribution in [-0.2, 0) is 0 Å². The number of hydrogen-bond donors (Lipinski definition) is 0. The van der Waals surface area contributed by atoms with Crippen LogP contribution in [0.3, 0.4) is 0 Å². The van der Waals surface area contributed by atoms with Crippen molar-refractivity contribution in [2.24, 2.45) is 0 Å². The van der Waals surface area contributed by atoms with Crippen LogP contribution in [0.15, 0.2) is 88.1 Å². The largest absolute Gasteiger partial charge is 0.497 e. The zero-order valence-corrected chi connectivity index (χ0v) is 13.7. The fourth-order valence-electron chi connectivity index (χ4n) is 2.86. The fraction of sp³-hybridized carbons (Fsp3) is 0.0455. The molecular weight excluding hydrogens is 312 g/mol. The summed E-state index contributed by atoms with van der Waals surface area (Å²) in [6, 6.07) is 24.6. The van der Waals surface area contributed by atoms with Crippen LogP contribution in [0.2, 0.25) is 0 Å². The van der Waals surface area contributed by atoms with Gasteiger partial charge in [0, 0.05) is 11.6 Å². The first-order valence-corrected chi connectivity index (χ1v) is 8.02. The first-order chi connectivity index (χ1) is 12.2. The molecule has 0 saturated heterocycles. The smallest absolute Gasteiger partial charge is 0.193 e. The molecule has 0 bridgehead atoms. The van der Waals surface area contributed by atoms with Gasteiger partial charge >= 0.3 is 0 Å². The van der Waals surface area contributed by atoms with Crippen molar-refractivity contribution in [1.82, 2.24) is 0 Å². The molecule has 1 aromatic heterocycles. The van der Waals surface area contributed by atoms with Gasteiger partial charge in [0.15, 0.2) is 5.43 Å². The van der Waals surface area contributed by atoms with Gasteiger partial charge in [0.2, 0.25) is 0 Å². The van der Waals surface area contributed by atoms with Crippen LogP contribution >= 0.6 is 0 Å². The van der Waals surface area contributed by atoms with E-state index in [-0.39, 0.29) is 5.43 Å². The fourth-order valence-corrected chi connectivity index (χ4v) is 2.86. The van der Waals surface area contributed by atoms with Crippen molar-refractivity contribution < 1.29 is 9.15 Å². The van der Waals surface area contributed by atoms with Crippen molar-refractivity contribution in [1.29, 1.82) is 0 Å². The summed E-state index contributed by atoms with van der Waals surface area (Å²) in [5.41, 5.74) is 3.45. The summed E-state index contributed by atoms with van der Waals surface area (Å²) in [5, 5.41) is 0.581. The molecule has 4 rings (SSSR count). The minimum Gasteiger partial charge on any atom is -0.497 e. The molecule has 0 aliphatic rings. The van der Waals surface area contributed by atoms with Gasteiger partial charge in [-0.05, 0) is 35.4 Å². The Bertz CT molecular complexity index is 1080.